The molecule has 0 atom stereocenters. The minimum Gasteiger partial charge on any atom is -0.449 e. The molecule has 2 aromatic rings. The average molecular weight is 333 g/mol. The van der Waals surface area contributed by atoms with Crippen LogP contribution in [-0.2, 0) is 11.2 Å². The Hall–Kier alpha value is -3.39. The Morgan fingerprint density at radius 2 is 1.76 bits per heavy atom. The summed E-state index contributed by atoms with van der Waals surface area (Å²) in [5, 5.41) is 0. The third kappa shape index (κ3) is 3.29. The molecular formula is C20H15NO4. The van der Waals surface area contributed by atoms with E-state index in [4.69, 9.17) is 11.2 Å². The Labute approximate surface area is 145 Å². The third-order valence-electron chi connectivity index (χ3n) is 3.96. The smallest absolute Gasteiger partial charge is 0.339 e. The van der Waals surface area contributed by atoms with E-state index >= 15 is 0 Å². The molecule has 3 rings (SSSR count). The van der Waals surface area contributed by atoms with E-state index in [0.29, 0.717) is 12.0 Å². The number of imide groups is 1. The van der Waals surface area contributed by atoms with Crippen LogP contribution in [0.25, 0.3) is 0 Å². The molecule has 124 valence electrons. The molecule has 0 N–H and O–H groups in total. The van der Waals surface area contributed by atoms with Gasteiger partial charge in [0.25, 0.3) is 11.8 Å². The topological polar surface area (TPSA) is 63.7 Å². The van der Waals surface area contributed by atoms with E-state index in [1.165, 1.54) is 23.1 Å². The molecule has 0 radical (unpaired) electrons. The number of carbonyl (C=O) groups is 3. The molecule has 1 heterocycles. The summed E-state index contributed by atoms with van der Waals surface area (Å²) in [7, 11) is 0. The number of hydrogen-bond acceptors (Lipinski definition) is 4. The first-order valence-electron chi connectivity index (χ1n) is 7.76. The summed E-state index contributed by atoms with van der Waals surface area (Å²) >= 11 is 0. The van der Waals surface area contributed by atoms with Crippen molar-refractivity contribution < 1.29 is 19.1 Å². The number of fused-ring (bicyclic) bond motifs is 1. The zero-order valence-electron chi connectivity index (χ0n) is 13.4. The van der Waals surface area contributed by atoms with Gasteiger partial charge in [-0.1, -0.05) is 36.3 Å². The lowest BCUT2D eigenvalue weighted by Gasteiger charge is -2.13. The zero-order chi connectivity index (χ0) is 17.8. The number of hydrogen-bond donors (Lipinski definition) is 0. The van der Waals surface area contributed by atoms with Crippen LogP contribution >= 0.6 is 0 Å². The molecule has 0 unspecified atom stereocenters. The summed E-state index contributed by atoms with van der Waals surface area (Å²) in [5.74, 6) is 0.834. The Balaban J connectivity index is 1.77. The van der Waals surface area contributed by atoms with Gasteiger partial charge in [-0.2, -0.15) is 0 Å². The summed E-state index contributed by atoms with van der Waals surface area (Å²) in [6.07, 6.45) is 5.62. The molecule has 1 aliphatic rings. The number of carbonyl (C=O) groups excluding carboxylic acids is 3. The van der Waals surface area contributed by atoms with E-state index in [1.807, 2.05) is 30.3 Å². The quantitative estimate of drug-likeness (QED) is 0.478. The van der Waals surface area contributed by atoms with Gasteiger partial charge in [-0.3, -0.25) is 14.5 Å². The maximum Gasteiger partial charge on any atom is 0.339 e. The second kappa shape index (κ2) is 7.02. The van der Waals surface area contributed by atoms with Crippen LogP contribution in [-0.4, -0.2) is 35.8 Å². The molecule has 0 saturated carbocycles. The fourth-order valence-electron chi connectivity index (χ4n) is 2.70. The maximum atomic E-state index is 12.5. The first kappa shape index (κ1) is 16.5. The van der Waals surface area contributed by atoms with Gasteiger partial charge in [-0.15, -0.1) is 6.42 Å². The van der Waals surface area contributed by atoms with Crippen molar-refractivity contribution in [1.29, 1.82) is 0 Å². The van der Waals surface area contributed by atoms with Crippen molar-refractivity contribution in [2.24, 2.45) is 0 Å². The van der Waals surface area contributed by atoms with Crippen molar-refractivity contribution in [3.05, 3.63) is 70.8 Å². The second-order valence-electron chi connectivity index (χ2n) is 5.54. The molecule has 2 aromatic carbocycles. The van der Waals surface area contributed by atoms with E-state index in [2.05, 4.69) is 5.92 Å². The summed E-state index contributed by atoms with van der Waals surface area (Å²) in [6.45, 7) is 0.138. The number of amides is 2. The largest absolute Gasteiger partial charge is 0.449 e. The van der Waals surface area contributed by atoms with Gasteiger partial charge in [0.2, 0.25) is 0 Å². The van der Waals surface area contributed by atoms with Gasteiger partial charge in [0.05, 0.1) is 16.7 Å². The first-order chi connectivity index (χ1) is 12.1. The molecular weight excluding hydrogens is 318 g/mol. The summed E-state index contributed by atoms with van der Waals surface area (Å²) < 4.78 is 4.85. The number of esters is 1. The lowest BCUT2D eigenvalue weighted by atomic mass is 10.1. The number of rotatable bonds is 5. The Kier molecular flexibility index (Phi) is 4.62. The summed E-state index contributed by atoms with van der Waals surface area (Å²) in [6, 6.07) is 13.9. The average Bonchev–Trinajstić information content (AvgIpc) is 2.89. The second-order valence-corrected chi connectivity index (χ2v) is 5.54. The molecule has 0 bridgehead atoms. The van der Waals surface area contributed by atoms with E-state index in [0.717, 1.165) is 5.56 Å². The van der Waals surface area contributed by atoms with Crippen molar-refractivity contribution in [2.75, 3.05) is 13.2 Å². The molecule has 0 spiro atoms. The van der Waals surface area contributed by atoms with Gasteiger partial charge in [-0.25, -0.2) is 4.79 Å². The van der Waals surface area contributed by atoms with Crippen molar-refractivity contribution in [3.63, 3.8) is 0 Å². The predicted molar refractivity (Wildman–Crippen MR) is 91.1 cm³/mol. The van der Waals surface area contributed by atoms with Crippen molar-refractivity contribution in [2.45, 2.75) is 6.42 Å². The van der Waals surface area contributed by atoms with Crippen LogP contribution in [0.4, 0.5) is 0 Å². The number of benzene rings is 2. The van der Waals surface area contributed by atoms with Crippen molar-refractivity contribution in [1.82, 2.24) is 4.90 Å². The summed E-state index contributed by atoms with van der Waals surface area (Å²) in [4.78, 5) is 38.0. The van der Waals surface area contributed by atoms with Crippen LogP contribution in [0.1, 0.15) is 36.6 Å². The number of ether oxygens (including phenoxy) is 1. The van der Waals surface area contributed by atoms with Gasteiger partial charge in [-0.05, 0) is 30.2 Å². The highest BCUT2D eigenvalue weighted by molar-refractivity contribution is 6.21. The number of nitrogens with zero attached hydrogens (tertiary/aromatic N) is 1. The minimum absolute atomic E-state index is 0.147. The van der Waals surface area contributed by atoms with Gasteiger partial charge < -0.3 is 4.74 Å². The highest BCUT2D eigenvalue weighted by Crippen LogP contribution is 2.24. The zero-order valence-corrected chi connectivity index (χ0v) is 13.4. The molecule has 0 aromatic heterocycles. The van der Waals surface area contributed by atoms with Crippen LogP contribution in [0.15, 0.2) is 48.5 Å². The van der Waals surface area contributed by atoms with Crippen LogP contribution in [0.5, 0.6) is 0 Å². The molecule has 5 nitrogen and oxygen atoms in total. The van der Waals surface area contributed by atoms with Crippen molar-refractivity contribution in [3.8, 4) is 12.3 Å². The van der Waals surface area contributed by atoms with Crippen LogP contribution in [0.2, 0.25) is 0 Å². The molecule has 1 aliphatic heterocycles. The van der Waals surface area contributed by atoms with E-state index in [9.17, 15) is 14.4 Å². The van der Waals surface area contributed by atoms with Gasteiger partial charge in [0.15, 0.2) is 6.61 Å². The summed E-state index contributed by atoms with van der Waals surface area (Å²) in [5.41, 5.74) is 1.75. The number of terminal acetylenes is 1. The normalized spacial score (nSPS) is 12.7. The van der Waals surface area contributed by atoms with Crippen LogP contribution < -0.4 is 0 Å². The lowest BCUT2D eigenvalue weighted by molar-refractivity contribution is 0.0556. The molecule has 0 saturated heterocycles. The third-order valence-corrected chi connectivity index (χ3v) is 3.96. The highest BCUT2D eigenvalue weighted by Gasteiger charge is 2.35. The van der Waals surface area contributed by atoms with Gasteiger partial charge >= 0.3 is 5.97 Å². The van der Waals surface area contributed by atoms with E-state index < -0.39 is 11.9 Å². The Bertz CT molecular complexity index is 880. The first-order valence-corrected chi connectivity index (χ1v) is 7.76. The van der Waals surface area contributed by atoms with Gasteiger partial charge in [0.1, 0.15) is 0 Å². The minimum atomic E-state index is -0.622. The lowest BCUT2D eigenvalue weighted by Crippen LogP contribution is -2.31. The Morgan fingerprint density at radius 1 is 1.04 bits per heavy atom. The predicted octanol–water partition coefficient (Wildman–Crippen LogP) is 2.32. The Morgan fingerprint density at radius 3 is 2.48 bits per heavy atom. The SMILES string of the molecule is C#CCOC(=O)c1ccc2c(c1)C(=O)N(CCc1ccccc1)C2=O. The van der Waals surface area contributed by atoms with Crippen molar-refractivity contribution >= 4 is 17.8 Å². The molecule has 25 heavy (non-hydrogen) atoms. The highest BCUT2D eigenvalue weighted by atomic mass is 16.5. The maximum absolute atomic E-state index is 12.5. The molecule has 0 fully saturated rings. The standard InChI is InChI=1S/C20H15NO4/c1-2-12-25-20(24)15-8-9-16-17(13-15)19(23)21(18(16)22)11-10-14-6-4-3-5-7-14/h1,3-9,13H,10-12H2. The fraction of sp³-hybridized carbons (Fsp3) is 0.150. The van der Waals surface area contributed by atoms with Gasteiger partial charge in [0, 0.05) is 6.54 Å². The molecule has 5 heteroatoms. The van der Waals surface area contributed by atoms with Crippen LogP contribution in [0, 0.1) is 12.3 Å². The van der Waals surface area contributed by atoms with E-state index in [-0.39, 0.29) is 30.2 Å². The molecule has 2 amide bonds. The molecule has 0 aliphatic carbocycles. The van der Waals surface area contributed by atoms with E-state index in [1.54, 1.807) is 0 Å². The van der Waals surface area contributed by atoms with Crippen LogP contribution in [0.3, 0.4) is 0 Å². The fourth-order valence-corrected chi connectivity index (χ4v) is 2.70. The monoisotopic (exact) mass is 333 g/mol.